The second kappa shape index (κ2) is 8.51. The van der Waals surface area contributed by atoms with Gasteiger partial charge in [0.05, 0.1) is 12.3 Å². The first-order valence-electron chi connectivity index (χ1n) is 6.21. The minimum atomic E-state index is 0. The van der Waals surface area contributed by atoms with Crippen LogP contribution in [-0.4, -0.2) is 11.6 Å². The van der Waals surface area contributed by atoms with Crippen LogP contribution in [0.3, 0.4) is 0 Å². The fourth-order valence-electron chi connectivity index (χ4n) is 1.77. The fourth-order valence-corrected chi connectivity index (χ4v) is 1.77. The lowest BCUT2D eigenvalue weighted by molar-refractivity contribution is 0.335. The molecule has 0 amide bonds. The van der Waals surface area contributed by atoms with Crippen LogP contribution in [0.2, 0.25) is 0 Å². The van der Waals surface area contributed by atoms with Crippen molar-refractivity contribution in [1.29, 1.82) is 0 Å². The highest BCUT2D eigenvalue weighted by molar-refractivity contribution is 5.85. The predicted molar refractivity (Wildman–Crippen MR) is 79.6 cm³/mol. The molecular weight excluding hydrogens is 260 g/mol. The Morgan fingerprint density at radius 2 is 1.84 bits per heavy atom. The Morgan fingerprint density at radius 3 is 2.58 bits per heavy atom. The summed E-state index contributed by atoms with van der Waals surface area (Å²) in [6, 6.07) is 14.0. The van der Waals surface area contributed by atoms with E-state index < -0.39 is 0 Å². The molecule has 0 saturated carbocycles. The number of nitrogens with one attached hydrogen (secondary N) is 1. The molecule has 0 unspecified atom stereocenters. The van der Waals surface area contributed by atoms with E-state index in [0.717, 1.165) is 24.5 Å². The normalized spacial score (nSPS) is 9.74. The fraction of sp³-hybridized carbons (Fsp3) is 0.267. The third kappa shape index (κ3) is 4.89. The van der Waals surface area contributed by atoms with Gasteiger partial charge in [0.25, 0.3) is 0 Å². The molecule has 2 rings (SSSR count). The van der Waals surface area contributed by atoms with E-state index in [2.05, 4.69) is 16.4 Å². The molecule has 4 heteroatoms. The van der Waals surface area contributed by atoms with Crippen LogP contribution in [-0.2, 0) is 13.1 Å². The van der Waals surface area contributed by atoms with Crippen LogP contribution in [0.1, 0.15) is 18.2 Å². The summed E-state index contributed by atoms with van der Waals surface area (Å²) in [6.07, 6.45) is 1.81. The number of benzene rings is 1. The number of rotatable bonds is 6. The SMILES string of the molecule is CCOc1ccccc1CNCc1ccccn1.Cl. The summed E-state index contributed by atoms with van der Waals surface area (Å²) in [5.41, 5.74) is 2.22. The van der Waals surface area contributed by atoms with Crippen molar-refractivity contribution in [2.24, 2.45) is 0 Å². The summed E-state index contributed by atoms with van der Waals surface area (Å²) >= 11 is 0. The lowest BCUT2D eigenvalue weighted by Gasteiger charge is -2.10. The molecule has 0 aliphatic carbocycles. The van der Waals surface area contributed by atoms with E-state index in [1.807, 2.05) is 49.5 Å². The summed E-state index contributed by atoms with van der Waals surface area (Å²) in [5, 5.41) is 3.37. The van der Waals surface area contributed by atoms with E-state index >= 15 is 0 Å². The number of halogens is 1. The van der Waals surface area contributed by atoms with Gasteiger partial charge < -0.3 is 10.1 Å². The first-order chi connectivity index (χ1) is 8.90. The number of hydrogen-bond donors (Lipinski definition) is 1. The lowest BCUT2D eigenvalue weighted by Crippen LogP contribution is -2.14. The topological polar surface area (TPSA) is 34.1 Å². The summed E-state index contributed by atoms with van der Waals surface area (Å²) in [4.78, 5) is 4.27. The van der Waals surface area contributed by atoms with Gasteiger partial charge in [-0.2, -0.15) is 0 Å². The predicted octanol–water partition coefficient (Wildman–Crippen LogP) is 3.19. The van der Waals surface area contributed by atoms with E-state index in [9.17, 15) is 0 Å². The largest absolute Gasteiger partial charge is 0.494 e. The van der Waals surface area contributed by atoms with Gasteiger partial charge in [-0.1, -0.05) is 24.3 Å². The Balaban J connectivity index is 0.00000180. The molecule has 1 aromatic heterocycles. The van der Waals surface area contributed by atoms with Crippen LogP contribution in [0.15, 0.2) is 48.7 Å². The molecule has 0 radical (unpaired) electrons. The highest BCUT2D eigenvalue weighted by Crippen LogP contribution is 2.17. The monoisotopic (exact) mass is 278 g/mol. The Kier molecular flexibility index (Phi) is 6.93. The van der Waals surface area contributed by atoms with Crippen molar-refractivity contribution in [3.8, 4) is 5.75 Å². The number of hydrogen-bond acceptors (Lipinski definition) is 3. The standard InChI is InChI=1S/C15H18N2O.ClH/c1-2-18-15-9-4-3-7-13(15)11-16-12-14-8-5-6-10-17-14;/h3-10,16H,2,11-12H2,1H3;1H. The zero-order chi connectivity index (χ0) is 12.6. The molecule has 1 heterocycles. The number of ether oxygens (including phenoxy) is 1. The summed E-state index contributed by atoms with van der Waals surface area (Å²) < 4.78 is 5.58. The maximum Gasteiger partial charge on any atom is 0.123 e. The molecule has 1 N–H and O–H groups in total. The molecule has 0 bridgehead atoms. The molecule has 102 valence electrons. The average molecular weight is 279 g/mol. The van der Waals surface area contributed by atoms with Crippen molar-refractivity contribution in [3.63, 3.8) is 0 Å². The van der Waals surface area contributed by atoms with Crippen molar-refractivity contribution < 1.29 is 4.74 Å². The van der Waals surface area contributed by atoms with Crippen LogP contribution in [0, 0.1) is 0 Å². The molecule has 0 aliphatic rings. The smallest absolute Gasteiger partial charge is 0.123 e. The van der Waals surface area contributed by atoms with E-state index in [1.54, 1.807) is 0 Å². The second-order valence-corrected chi connectivity index (χ2v) is 3.97. The molecule has 0 spiro atoms. The molecule has 3 nitrogen and oxygen atoms in total. The third-order valence-corrected chi connectivity index (χ3v) is 2.62. The number of aromatic nitrogens is 1. The van der Waals surface area contributed by atoms with E-state index in [-0.39, 0.29) is 12.4 Å². The van der Waals surface area contributed by atoms with Gasteiger partial charge in [0, 0.05) is 24.8 Å². The van der Waals surface area contributed by atoms with Gasteiger partial charge in [-0.25, -0.2) is 0 Å². The van der Waals surface area contributed by atoms with Gasteiger partial charge in [0.2, 0.25) is 0 Å². The van der Waals surface area contributed by atoms with Crippen molar-refractivity contribution in [2.75, 3.05) is 6.61 Å². The lowest BCUT2D eigenvalue weighted by atomic mass is 10.2. The minimum absolute atomic E-state index is 0. The summed E-state index contributed by atoms with van der Waals surface area (Å²) in [6.45, 7) is 4.24. The van der Waals surface area contributed by atoms with Gasteiger partial charge in [0.15, 0.2) is 0 Å². The molecule has 0 fully saturated rings. The highest BCUT2D eigenvalue weighted by Gasteiger charge is 2.01. The van der Waals surface area contributed by atoms with Gasteiger partial charge in [-0.15, -0.1) is 12.4 Å². The third-order valence-electron chi connectivity index (χ3n) is 2.62. The van der Waals surface area contributed by atoms with Gasteiger partial charge in [0.1, 0.15) is 5.75 Å². The molecule has 2 aromatic rings. The first-order valence-corrected chi connectivity index (χ1v) is 6.21. The number of nitrogens with zero attached hydrogens (tertiary/aromatic N) is 1. The molecule has 1 aromatic carbocycles. The second-order valence-electron chi connectivity index (χ2n) is 3.97. The Labute approximate surface area is 120 Å². The number of para-hydroxylation sites is 1. The van der Waals surface area contributed by atoms with Crippen molar-refractivity contribution in [2.45, 2.75) is 20.0 Å². The quantitative estimate of drug-likeness (QED) is 0.881. The van der Waals surface area contributed by atoms with E-state index in [4.69, 9.17) is 4.74 Å². The van der Waals surface area contributed by atoms with Crippen molar-refractivity contribution >= 4 is 12.4 Å². The van der Waals surface area contributed by atoms with Crippen LogP contribution in [0.5, 0.6) is 5.75 Å². The Bertz CT molecular complexity index is 477. The van der Waals surface area contributed by atoms with Gasteiger partial charge in [-0.3, -0.25) is 4.98 Å². The van der Waals surface area contributed by atoms with Gasteiger partial charge >= 0.3 is 0 Å². The van der Waals surface area contributed by atoms with Crippen LogP contribution >= 0.6 is 12.4 Å². The van der Waals surface area contributed by atoms with Crippen LogP contribution < -0.4 is 10.1 Å². The van der Waals surface area contributed by atoms with Crippen LogP contribution in [0.4, 0.5) is 0 Å². The molecule has 19 heavy (non-hydrogen) atoms. The maximum atomic E-state index is 5.58. The number of pyridine rings is 1. The van der Waals surface area contributed by atoms with E-state index in [0.29, 0.717) is 6.61 Å². The van der Waals surface area contributed by atoms with Crippen LogP contribution in [0.25, 0.3) is 0 Å². The Morgan fingerprint density at radius 1 is 1.05 bits per heavy atom. The van der Waals surface area contributed by atoms with Gasteiger partial charge in [-0.05, 0) is 25.1 Å². The molecule has 0 atom stereocenters. The highest BCUT2D eigenvalue weighted by atomic mass is 35.5. The first kappa shape index (κ1) is 15.5. The molecule has 0 saturated heterocycles. The zero-order valence-electron chi connectivity index (χ0n) is 11.0. The Hall–Kier alpha value is -1.58. The van der Waals surface area contributed by atoms with E-state index in [1.165, 1.54) is 5.56 Å². The molecular formula is C15H19ClN2O. The van der Waals surface area contributed by atoms with Crippen molar-refractivity contribution in [3.05, 3.63) is 59.9 Å². The minimum Gasteiger partial charge on any atom is -0.494 e. The summed E-state index contributed by atoms with van der Waals surface area (Å²) in [5.74, 6) is 0.952. The maximum absolute atomic E-state index is 5.58. The molecule has 0 aliphatic heterocycles. The summed E-state index contributed by atoms with van der Waals surface area (Å²) in [7, 11) is 0. The zero-order valence-corrected chi connectivity index (χ0v) is 11.8. The average Bonchev–Trinajstić information content (AvgIpc) is 2.42. The van der Waals surface area contributed by atoms with Crippen molar-refractivity contribution in [1.82, 2.24) is 10.3 Å².